The van der Waals surface area contributed by atoms with Gasteiger partial charge in [-0.1, -0.05) is 0 Å². The Hall–Kier alpha value is -1.41. The van der Waals surface area contributed by atoms with Crippen molar-refractivity contribution in [2.24, 2.45) is 5.92 Å². The molecular formula is C15H26N4O3S. The summed E-state index contributed by atoms with van der Waals surface area (Å²) in [6.07, 6.45) is 4.15. The first kappa shape index (κ1) is 17.9. The lowest BCUT2D eigenvalue weighted by atomic mass is 9.96. The molecule has 0 spiro atoms. The van der Waals surface area contributed by atoms with Crippen LogP contribution in [0.2, 0.25) is 0 Å². The summed E-state index contributed by atoms with van der Waals surface area (Å²) >= 11 is 0. The van der Waals surface area contributed by atoms with Gasteiger partial charge in [-0.15, -0.1) is 0 Å². The zero-order valence-electron chi connectivity index (χ0n) is 14.2. The summed E-state index contributed by atoms with van der Waals surface area (Å²) in [7, 11) is -3.16. The molecular weight excluding hydrogens is 316 g/mol. The Kier molecular flexibility index (Phi) is 5.46. The maximum atomic E-state index is 12.4. The topological polar surface area (TPSA) is 84.3 Å². The van der Waals surface area contributed by atoms with Gasteiger partial charge < -0.3 is 5.32 Å². The normalized spacial score (nSPS) is 18.8. The van der Waals surface area contributed by atoms with Gasteiger partial charge in [0, 0.05) is 36.8 Å². The Bertz CT molecular complexity index is 660. The van der Waals surface area contributed by atoms with Crippen LogP contribution in [0.5, 0.6) is 0 Å². The molecule has 23 heavy (non-hydrogen) atoms. The fourth-order valence-electron chi connectivity index (χ4n) is 3.06. The third-order valence-electron chi connectivity index (χ3n) is 4.56. The number of sulfonamides is 1. The quantitative estimate of drug-likeness (QED) is 0.867. The number of piperidine rings is 1. The van der Waals surface area contributed by atoms with Gasteiger partial charge in [-0.05, 0) is 33.6 Å². The predicted molar refractivity (Wildman–Crippen MR) is 88.3 cm³/mol. The van der Waals surface area contributed by atoms with E-state index in [-0.39, 0.29) is 17.9 Å². The minimum atomic E-state index is -3.16. The minimum Gasteiger partial charge on any atom is -0.349 e. The molecule has 2 rings (SSSR count). The molecule has 0 saturated carbocycles. The molecule has 1 aliphatic rings. The SMILES string of the molecule is CCn1ncc([C@@H](C)NC(=O)C2CCN(S(C)(=O)=O)CC2)c1C. The zero-order chi connectivity index (χ0) is 17.2. The van der Waals surface area contributed by atoms with E-state index in [1.54, 1.807) is 6.20 Å². The van der Waals surface area contributed by atoms with Crippen LogP contribution in [0.4, 0.5) is 0 Å². The predicted octanol–water partition coefficient (Wildman–Crippen LogP) is 1.06. The number of carbonyl (C=O) groups excluding carboxylic acids is 1. The molecule has 1 fully saturated rings. The number of aromatic nitrogens is 2. The van der Waals surface area contributed by atoms with Gasteiger partial charge in [0.1, 0.15) is 0 Å². The van der Waals surface area contributed by atoms with Crippen molar-refractivity contribution in [3.8, 4) is 0 Å². The van der Waals surface area contributed by atoms with E-state index >= 15 is 0 Å². The third-order valence-corrected chi connectivity index (χ3v) is 5.86. The molecule has 1 amide bonds. The number of hydrogen-bond donors (Lipinski definition) is 1. The molecule has 0 radical (unpaired) electrons. The summed E-state index contributed by atoms with van der Waals surface area (Å²) in [6.45, 7) is 7.61. The molecule has 1 saturated heterocycles. The highest BCUT2D eigenvalue weighted by Gasteiger charge is 2.29. The molecule has 8 heteroatoms. The van der Waals surface area contributed by atoms with Crippen molar-refractivity contribution in [1.29, 1.82) is 0 Å². The van der Waals surface area contributed by atoms with E-state index in [2.05, 4.69) is 10.4 Å². The second kappa shape index (κ2) is 7.00. The molecule has 0 aliphatic carbocycles. The molecule has 0 aromatic carbocycles. The van der Waals surface area contributed by atoms with Crippen LogP contribution in [0.1, 0.15) is 44.0 Å². The largest absolute Gasteiger partial charge is 0.349 e. The van der Waals surface area contributed by atoms with Crippen molar-refractivity contribution in [3.05, 3.63) is 17.5 Å². The summed E-state index contributed by atoms with van der Waals surface area (Å²) in [5.41, 5.74) is 2.08. The molecule has 1 atom stereocenters. The summed E-state index contributed by atoms with van der Waals surface area (Å²) in [5.74, 6) is -0.133. The van der Waals surface area contributed by atoms with Crippen molar-refractivity contribution in [1.82, 2.24) is 19.4 Å². The fraction of sp³-hybridized carbons (Fsp3) is 0.733. The van der Waals surface area contributed by atoms with Gasteiger partial charge in [-0.2, -0.15) is 5.10 Å². The molecule has 2 heterocycles. The first-order valence-corrected chi connectivity index (χ1v) is 9.86. The zero-order valence-corrected chi connectivity index (χ0v) is 15.1. The van der Waals surface area contributed by atoms with Crippen LogP contribution >= 0.6 is 0 Å². The number of carbonyl (C=O) groups is 1. The number of hydrogen-bond acceptors (Lipinski definition) is 4. The number of rotatable bonds is 5. The smallest absolute Gasteiger partial charge is 0.223 e. The lowest BCUT2D eigenvalue weighted by Gasteiger charge is -2.30. The van der Waals surface area contributed by atoms with Gasteiger partial charge in [-0.25, -0.2) is 12.7 Å². The summed E-state index contributed by atoms with van der Waals surface area (Å²) in [5, 5.41) is 7.34. The van der Waals surface area contributed by atoms with Crippen LogP contribution in [0, 0.1) is 12.8 Å². The fourth-order valence-corrected chi connectivity index (χ4v) is 3.94. The number of nitrogens with one attached hydrogen (secondary N) is 1. The Morgan fingerprint density at radius 3 is 2.52 bits per heavy atom. The summed E-state index contributed by atoms with van der Waals surface area (Å²) in [4.78, 5) is 12.4. The van der Waals surface area contributed by atoms with Gasteiger partial charge in [0.2, 0.25) is 15.9 Å². The molecule has 1 N–H and O–H groups in total. The Labute approximate surface area is 138 Å². The second-order valence-corrected chi connectivity index (χ2v) is 8.15. The molecule has 130 valence electrons. The highest BCUT2D eigenvalue weighted by molar-refractivity contribution is 7.88. The molecule has 7 nitrogen and oxygen atoms in total. The molecule has 0 bridgehead atoms. The van der Waals surface area contributed by atoms with Gasteiger partial charge in [0.15, 0.2) is 0 Å². The van der Waals surface area contributed by atoms with E-state index < -0.39 is 10.0 Å². The van der Waals surface area contributed by atoms with Crippen LogP contribution in [0.3, 0.4) is 0 Å². The Balaban J connectivity index is 1.93. The average molecular weight is 342 g/mol. The highest BCUT2D eigenvalue weighted by Crippen LogP contribution is 2.22. The highest BCUT2D eigenvalue weighted by atomic mass is 32.2. The summed E-state index contributed by atoms with van der Waals surface area (Å²) < 4.78 is 26.4. The third kappa shape index (κ3) is 4.11. The van der Waals surface area contributed by atoms with Crippen molar-refractivity contribution in [2.45, 2.75) is 46.2 Å². The lowest BCUT2D eigenvalue weighted by Crippen LogP contribution is -2.43. The van der Waals surface area contributed by atoms with Gasteiger partial charge in [0.25, 0.3) is 0 Å². The van der Waals surface area contributed by atoms with Crippen LogP contribution in [-0.2, 0) is 21.4 Å². The monoisotopic (exact) mass is 342 g/mol. The van der Waals surface area contributed by atoms with Crippen molar-refractivity contribution in [2.75, 3.05) is 19.3 Å². The van der Waals surface area contributed by atoms with E-state index in [4.69, 9.17) is 0 Å². The second-order valence-electron chi connectivity index (χ2n) is 6.17. The van der Waals surface area contributed by atoms with Crippen molar-refractivity contribution < 1.29 is 13.2 Å². The number of amides is 1. The number of aryl methyl sites for hydroxylation is 1. The first-order valence-electron chi connectivity index (χ1n) is 8.01. The van der Waals surface area contributed by atoms with Crippen LogP contribution in [0.25, 0.3) is 0 Å². The van der Waals surface area contributed by atoms with Crippen molar-refractivity contribution >= 4 is 15.9 Å². The first-order chi connectivity index (χ1) is 10.7. The summed E-state index contributed by atoms with van der Waals surface area (Å²) in [6, 6.07) is -0.101. The van der Waals surface area contributed by atoms with Gasteiger partial charge in [-0.3, -0.25) is 9.48 Å². The maximum absolute atomic E-state index is 12.4. The van der Waals surface area contributed by atoms with E-state index in [0.29, 0.717) is 25.9 Å². The minimum absolute atomic E-state index is 0.00528. The molecule has 1 aromatic rings. The maximum Gasteiger partial charge on any atom is 0.223 e. The molecule has 0 unspecified atom stereocenters. The standard InChI is InChI=1S/C15H26N4O3S/c1-5-19-12(3)14(10-16-19)11(2)17-15(20)13-6-8-18(9-7-13)23(4,21)22/h10-11,13H,5-9H2,1-4H3,(H,17,20)/t11-/m1/s1. The van der Waals surface area contributed by atoms with E-state index in [9.17, 15) is 13.2 Å². The molecule has 1 aromatic heterocycles. The van der Waals surface area contributed by atoms with Crippen LogP contribution in [0.15, 0.2) is 6.20 Å². The van der Waals surface area contributed by atoms with Gasteiger partial charge >= 0.3 is 0 Å². The molecule has 1 aliphatic heterocycles. The van der Waals surface area contributed by atoms with Crippen molar-refractivity contribution in [3.63, 3.8) is 0 Å². The number of nitrogens with zero attached hydrogens (tertiary/aromatic N) is 3. The Morgan fingerprint density at radius 2 is 2.04 bits per heavy atom. The van der Waals surface area contributed by atoms with Crippen LogP contribution in [-0.4, -0.2) is 47.8 Å². The van der Waals surface area contributed by atoms with Gasteiger partial charge in [0.05, 0.1) is 18.5 Å². The lowest BCUT2D eigenvalue weighted by molar-refractivity contribution is -0.126. The van der Waals surface area contributed by atoms with E-state index in [0.717, 1.165) is 17.8 Å². The Morgan fingerprint density at radius 1 is 1.43 bits per heavy atom. The van der Waals surface area contributed by atoms with E-state index in [1.807, 2.05) is 25.5 Å². The van der Waals surface area contributed by atoms with Crippen LogP contribution < -0.4 is 5.32 Å². The van der Waals surface area contributed by atoms with E-state index in [1.165, 1.54) is 10.6 Å². The average Bonchev–Trinajstić information content (AvgIpc) is 2.87.